The van der Waals surface area contributed by atoms with Crippen LogP contribution in [-0.4, -0.2) is 6.04 Å². The van der Waals surface area contributed by atoms with Gasteiger partial charge in [0.15, 0.2) is 0 Å². The van der Waals surface area contributed by atoms with Gasteiger partial charge in [-0.05, 0) is 75.8 Å². The minimum Gasteiger partial charge on any atom is -0.310 e. The van der Waals surface area contributed by atoms with Crippen molar-refractivity contribution in [1.29, 1.82) is 0 Å². The Hall–Kier alpha value is -3.39. The Morgan fingerprint density at radius 3 is 2.06 bits per heavy atom. The molecule has 1 N–H and O–H groups in total. The van der Waals surface area contributed by atoms with Gasteiger partial charge in [-0.25, -0.2) is 0 Å². The average molecular weight is 476 g/mol. The maximum Gasteiger partial charge on any atom is 0.0406 e. The van der Waals surface area contributed by atoms with Gasteiger partial charge in [0.25, 0.3) is 0 Å². The molecular weight excluding hydrogens is 446 g/mol. The molecule has 0 bridgehead atoms. The molecule has 0 aromatic heterocycles. The molecule has 5 rings (SSSR count). The fourth-order valence-electron chi connectivity index (χ4n) is 4.77. The van der Waals surface area contributed by atoms with E-state index >= 15 is 0 Å². The maximum atomic E-state index is 6.19. The number of fused-ring (bicyclic) bond motifs is 2. The van der Waals surface area contributed by atoms with Gasteiger partial charge in [0.2, 0.25) is 0 Å². The number of allylic oxidation sites excluding steroid dienone is 1. The summed E-state index contributed by atoms with van der Waals surface area (Å²) in [5, 5.41) is 9.67. The summed E-state index contributed by atoms with van der Waals surface area (Å²) in [5.41, 5.74) is 3.84. The lowest BCUT2D eigenvalue weighted by atomic mass is 9.88. The van der Waals surface area contributed by atoms with Gasteiger partial charge in [0, 0.05) is 23.5 Å². The van der Waals surface area contributed by atoms with Crippen LogP contribution in [0.25, 0.3) is 27.6 Å². The Bertz CT molecular complexity index is 1450. The van der Waals surface area contributed by atoms with Gasteiger partial charge in [0.05, 0.1) is 0 Å². The van der Waals surface area contributed by atoms with E-state index in [0.717, 1.165) is 18.0 Å². The second kappa shape index (κ2) is 10.9. The van der Waals surface area contributed by atoms with Crippen LogP contribution in [0.4, 0.5) is 0 Å². The van der Waals surface area contributed by atoms with Gasteiger partial charge in [-0.15, -0.1) is 0 Å². The highest BCUT2D eigenvalue weighted by atomic mass is 35.5. The van der Waals surface area contributed by atoms with Crippen molar-refractivity contribution in [3.05, 3.63) is 137 Å². The van der Waals surface area contributed by atoms with E-state index in [9.17, 15) is 0 Å². The molecular formula is C33H30ClN. The summed E-state index contributed by atoms with van der Waals surface area (Å²) < 4.78 is 0. The van der Waals surface area contributed by atoms with Crippen LogP contribution in [0.1, 0.15) is 36.0 Å². The number of hydrogen-bond acceptors (Lipinski definition) is 1. The SMILES string of the molecule is C[C@H](NCc1ccc2ccccc2c1)[C@@H](CC=Cc1ccc2ccccc2c1)c1ccc(Cl)cc1. The van der Waals surface area contributed by atoms with E-state index in [-0.39, 0.29) is 0 Å². The molecule has 174 valence electrons. The van der Waals surface area contributed by atoms with Crippen molar-refractivity contribution in [2.24, 2.45) is 0 Å². The zero-order chi connectivity index (χ0) is 24.0. The summed E-state index contributed by atoms with van der Waals surface area (Å²) in [6.07, 6.45) is 5.49. The first-order valence-electron chi connectivity index (χ1n) is 12.3. The first-order chi connectivity index (χ1) is 17.2. The quantitative estimate of drug-likeness (QED) is 0.236. The molecule has 2 heteroatoms. The van der Waals surface area contributed by atoms with Crippen molar-refractivity contribution < 1.29 is 0 Å². The van der Waals surface area contributed by atoms with Gasteiger partial charge in [-0.2, -0.15) is 0 Å². The monoisotopic (exact) mass is 475 g/mol. The molecule has 0 radical (unpaired) electrons. The van der Waals surface area contributed by atoms with Gasteiger partial charge < -0.3 is 5.32 Å². The summed E-state index contributed by atoms with van der Waals surface area (Å²) in [7, 11) is 0. The van der Waals surface area contributed by atoms with Gasteiger partial charge in [0.1, 0.15) is 0 Å². The summed E-state index contributed by atoms with van der Waals surface area (Å²) in [4.78, 5) is 0. The van der Waals surface area contributed by atoms with Crippen LogP contribution in [-0.2, 0) is 6.54 Å². The van der Waals surface area contributed by atoms with Crippen molar-refractivity contribution in [3.8, 4) is 0 Å². The highest BCUT2D eigenvalue weighted by Gasteiger charge is 2.18. The third-order valence-corrected chi connectivity index (χ3v) is 7.07. The zero-order valence-electron chi connectivity index (χ0n) is 20.0. The fourth-order valence-corrected chi connectivity index (χ4v) is 4.90. The van der Waals surface area contributed by atoms with Crippen LogP contribution >= 0.6 is 11.6 Å². The third kappa shape index (κ3) is 5.82. The molecule has 2 atom stereocenters. The molecule has 0 saturated heterocycles. The molecule has 0 aliphatic rings. The first-order valence-corrected chi connectivity index (χ1v) is 12.7. The number of nitrogens with one attached hydrogen (secondary N) is 1. The highest BCUT2D eigenvalue weighted by Crippen LogP contribution is 2.27. The van der Waals surface area contributed by atoms with Crippen LogP contribution in [0, 0.1) is 0 Å². The second-order valence-electron chi connectivity index (χ2n) is 9.25. The van der Waals surface area contributed by atoms with E-state index in [0.29, 0.717) is 12.0 Å². The van der Waals surface area contributed by atoms with Crippen LogP contribution < -0.4 is 5.32 Å². The highest BCUT2D eigenvalue weighted by molar-refractivity contribution is 6.30. The van der Waals surface area contributed by atoms with Crippen LogP contribution in [0.3, 0.4) is 0 Å². The van der Waals surface area contributed by atoms with Crippen molar-refractivity contribution >= 4 is 39.2 Å². The number of rotatable bonds is 8. The largest absolute Gasteiger partial charge is 0.310 e. The molecule has 0 aliphatic carbocycles. The Balaban J connectivity index is 1.31. The maximum absolute atomic E-state index is 6.19. The minimum absolute atomic E-state index is 0.295. The summed E-state index contributed by atoms with van der Waals surface area (Å²) in [6.45, 7) is 3.12. The topological polar surface area (TPSA) is 12.0 Å². The lowest BCUT2D eigenvalue weighted by molar-refractivity contribution is 0.460. The molecule has 5 aromatic rings. The summed E-state index contributed by atoms with van der Waals surface area (Å²) >= 11 is 6.19. The molecule has 0 heterocycles. The minimum atomic E-state index is 0.295. The smallest absolute Gasteiger partial charge is 0.0406 e. The molecule has 35 heavy (non-hydrogen) atoms. The predicted molar refractivity (Wildman–Crippen MR) is 152 cm³/mol. The Morgan fingerprint density at radius 2 is 1.34 bits per heavy atom. The van der Waals surface area contributed by atoms with Gasteiger partial charge in [-0.3, -0.25) is 0 Å². The average Bonchev–Trinajstić information content (AvgIpc) is 2.90. The molecule has 0 fully saturated rings. The van der Waals surface area contributed by atoms with Crippen molar-refractivity contribution in [2.75, 3.05) is 0 Å². The normalized spacial score (nSPS) is 13.4. The van der Waals surface area contributed by atoms with E-state index < -0.39 is 0 Å². The predicted octanol–water partition coefficient (Wildman–Crippen LogP) is 9.01. The van der Waals surface area contributed by atoms with E-state index in [1.54, 1.807) is 0 Å². The fraction of sp³-hybridized carbons (Fsp3) is 0.152. The molecule has 0 unspecified atom stereocenters. The Kier molecular flexibility index (Phi) is 7.28. The lowest BCUT2D eigenvalue weighted by Gasteiger charge is -2.25. The van der Waals surface area contributed by atoms with Gasteiger partial charge >= 0.3 is 0 Å². The zero-order valence-corrected chi connectivity index (χ0v) is 20.7. The molecule has 0 saturated carbocycles. The van der Waals surface area contributed by atoms with E-state index in [4.69, 9.17) is 11.6 Å². The molecule has 0 aliphatic heterocycles. The van der Waals surface area contributed by atoms with Crippen LogP contribution in [0.15, 0.2) is 115 Å². The van der Waals surface area contributed by atoms with Crippen LogP contribution in [0.5, 0.6) is 0 Å². The molecule has 0 spiro atoms. The Labute approximate surface area is 213 Å². The number of hydrogen-bond donors (Lipinski definition) is 1. The second-order valence-corrected chi connectivity index (χ2v) is 9.69. The lowest BCUT2D eigenvalue weighted by Crippen LogP contribution is -2.31. The summed E-state index contributed by atoms with van der Waals surface area (Å²) in [6, 6.07) is 39.0. The third-order valence-electron chi connectivity index (χ3n) is 6.82. The van der Waals surface area contributed by atoms with Crippen LogP contribution in [0.2, 0.25) is 5.02 Å². The van der Waals surface area contributed by atoms with Crippen molar-refractivity contribution in [1.82, 2.24) is 5.32 Å². The molecule has 0 amide bonds. The first kappa shape index (κ1) is 23.4. The number of benzene rings is 5. The Morgan fingerprint density at radius 1 is 0.714 bits per heavy atom. The van der Waals surface area contributed by atoms with Crippen molar-refractivity contribution in [3.63, 3.8) is 0 Å². The molecule has 1 nitrogen and oxygen atoms in total. The van der Waals surface area contributed by atoms with E-state index in [2.05, 4.69) is 121 Å². The van der Waals surface area contributed by atoms with Crippen molar-refractivity contribution in [2.45, 2.75) is 31.8 Å². The number of halogens is 1. The molecule has 5 aromatic carbocycles. The standard InChI is InChI=1S/C33H30ClN/c1-24(35-23-26-14-16-28-9-3-5-11-31(28)22-26)33(29-17-19-32(34)20-18-29)12-6-7-25-13-15-27-8-2-4-10-30(27)21-25/h2-11,13-22,24,33,35H,12,23H2,1H3/t24-,33+/m0/s1. The summed E-state index contributed by atoms with van der Waals surface area (Å²) in [5.74, 6) is 0.337. The van der Waals surface area contributed by atoms with E-state index in [1.165, 1.54) is 38.2 Å². The van der Waals surface area contributed by atoms with Gasteiger partial charge in [-0.1, -0.05) is 109 Å². The van der Waals surface area contributed by atoms with E-state index in [1.807, 2.05) is 12.1 Å².